The van der Waals surface area contributed by atoms with Crippen molar-refractivity contribution < 1.29 is 14.6 Å². The first-order chi connectivity index (χ1) is 6.20. The predicted octanol–water partition coefficient (Wildman–Crippen LogP) is 1.67. The SMILES string of the molecule is CC(O)CC(C)NC(=O)OC(C)(C)C. The Morgan fingerprint density at radius 2 is 1.93 bits per heavy atom. The number of hydrogen-bond acceptors (Lipinski definition) is 3. The van der Waals surface area contributed by atoms with Gasteiger partial charge in [-0.05, 0) is 41.0 Å². The second-order valence-corrected chi connectivity index (χ2v) is 4.63. The second-order valence-electron chi connectivity index (χ2n) is 4.63. The first-order valence-corrected chi connectivity index (χ1v) is 4.88. The average molecular weight is 203 g/mol. The molecule has 0 radical (unpaired) electrons. The summed E-state index contributed by atoms with van der Waals surface area (Å²) in [5.41, 5.74) is -0.478. The molecule has 0 saturated carbocycles. The summed E-state index contributed by atoms with van der Waals surface area (Å²) < 4.78 is 5.06. The zero-order valence-corrected chi connectivity index (χ0v) is 9.63. The van der Waals surface area contributed by atoms with Gasteiger partial charge in [0.25, 0.3) is 0 Å². The van der Waals surface area contributed by atoms with E-state index in [1.165, 1.54) is 0 Å². The van der Waals surface area contributed by atoms with Crippen LogP contribution >= 0.6 is 0 Å². The summed E-state index contributed by atoms with van der Waals surface area (Å²) in [6.45, 7) is 8.95. The number of carbonyl (C=O) groups is 1. The van der Waals surface area contributed by atoms with Crippen LogP contribution in [0.25, 0.3) is 0 Å². The Morgan fingerprint density at radius 1 is 1.43 bits per heavy atom. The molecule has 0 saturated heterocycles. The first kappa shape index (κ1) is 13.2. The normalized spacial score (nSPS) is 15.9. The lowest BCUT2D eigenvalue weighted by Gasteiger charge is -2.22. The van der Waals surface area contributed by atoms with E-state index in [9.17, 15) is 4.79 Å². The van der Waals surface area contributed by atoms with E-state index >= 15 is 0 Å². The maximum Gasteiger partial charge on any atom is 0.407 e. The smallest absolute Gasteiger partial charge is 0.407 e. The van der Waals surface area contributed by atoms with Gasteiger partial charge in [0.2, 0.25) is 0 Å². The first-order valence-electron chi connectivity index (χ1n) is 4.88. The van der Waals surface area contributed by atoms with Crippen LogP contribution in [0.3, 0.4) is 0 Å². The van der Waals surface area contributed by atoms with Crippen LogP contribution in [0, 0.1) is 0 Å². The van der Waals surface area contributed by atoms with Gasteiger partial charge in [-0.3, -0.25) is 0 Å². The Morgan fingerprint density at radius 3 is 2.29 bits per heavy atom. The number of hydrogen-bond donors (Lipinski definition) is 2. The molecule has 0 rings (SSSR count). The minimum atomic E-state index is -0.478. The van der Waals surface area contributed by atoms with Crippen LogP contribution < -0.4 is 5.32 Å². The van der Waals surface area contributed by atoms with E-state index < -0.39 is 17.8 Å². The molecule has 84 valence electrons. The molecule has 14 heavy (non-hydrogen) atoms. The van der Waals surface area contributed by atoms with Gasteiger partial charge < -0.3 is 15.2 Å². The summed E-state index contributed by atoms with van der Waals surface area (Å²) >= 11 is 0. The predicted molar refractivity (Wildman–Crippen MR) is 55.1 cm³/mol. The molecule has 0 aromatic rings. The number of aliphatic hydroxyl groups is 1. The summed E-state index contributed by atoms with van der Waals surface area (Å²) in [6, 6.07) is -0.0788. The highest BCUT2D eigenvalue weighted by atomic mass is 16.6. The van der Waals surface area contributed by atoms with E-state index in [4.69, 9.17) is 9.84 Å². The fourth-order valence-electron chi connectivity index (χ4n) is 1.08. The molecule has 0 fully saturated rings. The number of ether oxygens (including phenoxy) is 1. The van der Waals surface area contributed by atoms with E-state index in [-0.39, 0.29) is 6.04 Å². The summed E-state index contributed by atoms with van der Waals surface area (Å²) in [7, 11) is 0. The Kier molecular flexibility index (Phi) is 4.91. The molecule has 1 amide bonds. The van der Waals surface area contributed by atoms with Gasteiger partial charge in [-0.25, -0.2) is 4.79 Å². The number of amides is 1. The van der Waals surface area contributed by atoms with Gasteiger partial charge in [-0.15, -0.1) is 0 Å². The van der Waals surface area contributed by atoms with E-state index in [1.54, 1.807) is 6.92 Å². The maximum atomic E-state index is 11.2. The molecule has 0 aliphatic carbocycles. The van der Waals surface area contributed by atoms with Crippen LogP contribution in [0.1, 0.15) is 41.0 Å². The minimum Gasteiger partial charge on any atom is -0.444 e. The third kappa shape index (κ3) is 7.86. The molecular formula is C10H21NO3. The highest BCUT2D eigenvalue weighted by molar-refractivity contribution is 5.67. The van der Waals surface area contributed by atoms with Crippen molar-refractivity contribution in [2.45, 2.75) is 58.8 Å². The molecule has 2 atom stereocenters. The minimum absolute atomic E-state index is 0.0788. The molecule has 4 heteroatoms. The van der Waals surface area contributed by atoms with Gasteiger partial charge in [0.05, 0.1) is 6.10 Å². The molecule has 0 bridgehead atoms. The van der Waals surface area contributed by atoms with Crippen molar-refractivity contribution in [3.8, 4) is 0 Å². The summed E-state index contributed by atoms with van der Waals surface area (Å²) in [5, 5.41) is 11.7. The van der Waals surface area contributed by atoms with Crippen molar-refractivity contribution in [2.24, 2.45) is 0 Å². The maximum absolute atomic E-state index is 11.2. The molecule has 0 heterocycles. The van der Waals surface area contributed by atoms with E-state index in [0.717, 1.165) is 0 Å². The lowest BCUT2D eigenvalue weighted by molar-refractivity contribution is 0.0493. The Labute approximate surface area is 85.6 Å². The van der Waals surface area contributed by atoms with Crippen molar-refractivity contribution in [1.29, 1.82) is 0 Å². The third-order valence-electron chi connectivity index (χ3n) is 1.46. The molecule has 0 aromatic carbocycles. The molecular weight excluding hydrogens is 182 g/mol. The largest absolute Gasteiger partial charge is 0.444 e. The number of rotatable bonds is 3. The van der Waals surface area contributed by atoms with Gasteiger partial charge >= 0.3 is 6.09 Å². The van der Waals surface area contributed by atoms with Gasteiger partial charge in [0.15, 0.2) is 0 Å². The lowest BCUT2D eigenvalue weighted by atomic mass is 10.1. The second kappa shape index (κ2) is 5.20. The fourth-order valence-corrected chi connectivity index (χ4v) is 1.08. The van der Waals surface area contributed by atoms with Crippen molar-refractivity contribution in [2.75, 3.05) is 0 Å². The highest BCUT2D eigenvalue weighted by Crippen LogP contribution is 2.07. The van der Waals surface area contributed by atoms with Crippen molar-refractivity contribution in [3.63, 3.8) is 0 Å². The zero-order chi connectivity index (χ0) is 11.4. The van der Waals surface area contributed by atoms with Gasteiger partial charge in [-0.1, -0.05) is 0 Å². The van der Waals surface area contributed by atoms with Crippen LogP contribution in [0.2, 0.25) is 0 Å². The standard InChI is InChI=1S/C10H21NO3/c1-7(6-8(2)12)11-9(13)14-10(3,4)5/h7-8,12H,6H2,1-5H3,(H,11,13). The van der Waals surface area contributed by atoms with E-state index in [1.807, 2.05) is 27.7 Å². The Bertz CT molecular complexity index is 184. The van der Waals surface area contributed by atoms with Crippen LogP contribution in [-0.2, 0) is 4.74 Å². The number of carbonyl (C=O) groups excluding carboxylic acids is 1. The summed E-state index contributed by atoms with van der Waals surface area (Å²) in [6.07, 6.45) is -0.329. The quantitative estimate of drug-likeness (QED) is 0.733. The zero-order valence-electron chi connectivity index (χ0n) is 9.63. The molecule has 0 aromatic heterocycles. The van der Waals surface area contributed by atoms with Crippen LogP contribution in [-0.4, -0.2) is 28.9 Å². The van der Waals surface area contributed by atoms with Crippen molar-refractivity contribution in [1.82, 2.24) is 5.32 Å². The third-order valence-corrected chi connectivity index (χ3v) is 1.46. The molecule has 0 spiro atoms. The van der Waals surface area contributed by atoms with E-state index in [0.29, 0.717) is 6.42 Å². The van der Waals surface area contributed by atoms with E-state index in [2.05, 4.69) is 5.32 Å². The van der Waals surface area contributed by atoms with Gasteiger partial charge in [0, 0.05) is 6.04 Å². The molecule has 0 aliphatic rings. The van der Waals surface area contributed by atoms with Crippen molar-refractivity contribution in [3.05, 3.63) is 0 Å². The van der Waals surface area contributed by atoms with Crippen molar-refractivity contribution >= 4 is 6.09 Å². The van der Waals surface area contributed by atoms with Gasteiger partial charge in [0.1, 0.15) is 5.60 Å². The summed E-state index contributed by atoms with van der Waals surface area (Å²) in [5.74, 6) is 0. The topological polar surface area (TPSA) is 58.6 Å². The van der Waals surface area contributed by atoms with Crippen LogP contribution in [0.15, 0.2) is 0 Å². The Hall–Kier alpha value is -0.770. The highest BCUT2D eigenvalue weighted by Gasteiger charge is 2.17. The molecule has 4 nitrogen and oxygen atoms in total. The molecule has 2 unspecified atom stereocenters. The molecule has 0 aliphatic heterocycles. The fraction of sp³-hybridized carbons (Fsp3) is 0.900. The average Bonchev–Trinajstić information content (AvgIpc) is 1.77. The monoisotopic (exact) mass is 203 g/mol. The number of nitrogens with one attached hydrogen (secondary N) is 1. The molecule has 2 N–H and O–H groups in total. The van der Waals surface area contributed by atoms with Crippen LogP contribution in [0.4, 0.5) is 4.79 Å². The Balaban J connectivity index is 3.83. The number of alkyl carbamates (subject to hydrolysis) is 1. The lowest BCUT2D eigenvalue weighted by Crippen LogP contribution is -2.38. The summed E-state index contributed by atoms with van der Waals surface area (Å²) in [4.78, 5) is 11.2. The van der Waals surface area contributed by atoms with Gasteiger partial charge in [-0.2, -0.15) is 0 Å². The van der Waals surface area contributed by atoms with Crippen LogP contribution in [0.5, 0.6) is 0 Å². The number of aliphatic hydroxyl groups excluding tert-OH is 1.